The molecule has 3 N–H and O–H groups in total. The second-order valence-electron chi connectivity index (χ2n) is 9.63. The number of aliphatic hydroxyl groups is 1. The van der Waals surface area contributed by atoms with Crippen molar-refractivity contribution in [2.24, 2.45) is 22.7 Å². The highest BCUT2D eigenvalue weighted by molar-refractivity contribution is 5.75. The summed E-state index contributed by atoms with van der Waals surface area (Å²) in [7, 11) is 0. The Labute approximate surface area is 167 Å². The summed E-state index contributed by atoms with van der Waals surface area (Å²) >= 11 is 0. The Morgan fingerprint density at radius 1 is 1.11 bits per heavy atom. The van der Waals surface area contributed by atoms with E-state index in [-0.39, 0.29) is 34.7 Å². The quantitative estimate of drug-likeness (QED) is 0.641. The van der Waals surface area contributed by atoms with Gasteiger partial charge in [0.05, 0.1) is 18.2 Å². The standard InChI is InChI=1S/C23H32N2O3/c1-13(26)24-19-12-15-11-16(28)7-9-22(15,3)18-8-10-23(4)17(21(18)19)5-6-20(23)25-14(2)27/h5-7,9,15-16,18-20,28H,8,10-12H2,1-4H3,(H,24,26)(H,25,27)/t15-,16-,18-,19-,20?,22-,23-/m0/s1. The molecule has 152 valence electrons. The van der Waals surface area contributed by atoms with Gasteiger partial charge in [-0.1, -0.05) is 38.2 Å². The molecule has 4 rings (SSSR count). The van der Waals surface area contributed by atoms with E-state index in [9.17, 15) is 14.7 Å². The van der Waals surface area contributed by atoms with Crippen LogP contribution in [-0.2, 0) is 9.59 Å². The molecule has 1 saturated carbocycles. The van der Waals surface area contributed by atoms with Crippen LogP contribution in [0, 0.1) is 22.7 Å². The van der Waals surface area contributed by atoms with E-state index in [0.717, 1.165) is 25.7 Å². The number of amides is 2. The maximum absolute atomic E-state index is 12.0. The first-order chi connectivity index (χ1) is 13.1. The van der Waals surface area contributed by atoms with E-state index in [0.29, 0.717) is 11.8 Å². The SMILES string of the molecule is CC(=O)NC1C=CC2=C3[C@@H](NC(C)=O)C[C@@H]4C[C@@H](O)C=C[C@]4(C)[C@H]3CC[C@@]21C. The van der Waals surface area contributed by atoms with E-state index in [1.807, 2.05) is 6.08 Å². The highest BCUT2D eigenvalue weighted by atomic mass is 16.3. The Morgan fingerprint density at radius 2 is 1.82 bits per heavy atom. The molecular weight excluding hydrogens is 352 g/mol. The number of hydrogen-bond donors (Lipinski definition) is 3. The van der Waals surface area contributed by atoms with Gasteiger partial charge >= 0.3 is 0 Å². The summed E-state index contributed by atoms with van der Waals surface area (Å²) in [6.07, 6.45) is 11.7. The molecule has 28 heavy (non-hydrogen) atoms. The lowest BCUT2D eigenvalue weighted by molar-refractivity contribution is -0.120. The Bertz CT molecular complexity index is 798. The average Bonchev–Trinajstić information content (AvgIpc) is 2.92. The number of rotatable bonds is 2. The van der Waals surface area contributed by atoms with Gasteiger partial charge in [0.25, 0.3) is 0 Å². The lowest BCUT2D eigenvalue weighted by atomic mass is 9.50. The van der Waals surface area contributed by atoms with Crippen LogP contribution in [0.5, 0.6) is 0 Å². The molecule has 0 heterocycles. The largest absolute Gasteiger partial charge is 0.389 e. The van der Waals surface area contributed by atoms with Crippen LogP contribution >= 0.6 is 0 Å². The first-order valence-electron chi connectivity index (χ1n) is 10.5. The van der Waals surface area contributed by atoms with Crippen LogP contribution in [-0.4, -0.2) is 35.1 Å². The Balaban J connectivity index is 1.81. The van der Waals surface area contributed by atoms with E-state index >= 15 is 0 Å². The zero-order chi connectivity index (χ0) is 20.3. The number of aliphatic hydroxyl groups excluding tert-OH is 1. The fraction of sp³-hybridized carbons (Fsp3) is 0.652. The average molecular weight is 385 g/mol. The number of fused-ring (bicyclic) bond motifs is 4. The van der Waals surface area contributed by atoms with E-state index < -0.39 is 6.10 Å². The van der Waals surface area contributed by atoms with Gasteiger partial charge < -0.3 is 15.7 Å². The van der Waals surface area contributed by atoms with Crippen LogP contribution in [0.2, 0.25) is 0 Å². The molecule has 0 spiro atoms. The van der Waals surface area contributed by atoms with E-state index in [2.05, 4.69) is 42.7 Å². The van der Waals surface area contributed by atoms with Gasteiger partial charge in [0.2, 0.25) is 11.8 Å². The van der Waals surface area contributed by atoms with Crippen molar-refractivity contribution < 1.29 is 14.7 Å². The maximum Gasteiger partial charge on any atom is 0.217 e. The van der Waals surface area contributed by atoms with Crippen molar-refractivity contribution in [3.05, 3.63) is 35.5 Å². The van der Waals surface area contributed by atoms with Gasteiger partial charge in [-0.05, 0) is 54.1 Å². The van der Waals surface area contributed by atoms with E-state index in [1.165, 1.54) is 11.1 Å². The first kappa shape index (κ1) is 19.4. The molecule has 0 aliphatic heterocycles. The summed E-state index contributed by atoms with van der Waals surface area (Å²) in [5.41, 5.74) is 2.50. The summed E-state index contributed by atoms with van der Waals surface area (Å²) in [4.78, 5) is 23.7. The minimum atomic E-state index is -0.394. The summed E-state index contributed by atoms with van der Waals surface area (Å²) in [5, 5.41) is 16.5. The summed E-state index contributed by atoms with van der Waals surface area (Å²) in [5.74, 6) is 0.665. The number of allylic oxidation sites excluding steroid dienone is 2. The molecule has 0 saturated heterocycles. The minimum Gasteiger partial charge on any atom is -0.389 e. The smallest absolute Gasteiger partial charge is 0.217 e. The second kappa shape index (κ2) is 6.58. The molecule has 0 aromatic heterocycles. The third kappa shape index (κ3) is 2.86. The molecule has 0 aromatic rings. The fourth-order valence-corrected chi connectivity index (χ4v) is 6.39. The lowest BCUT2D eigenvalue weighted by Crippen LogP contribution is -2.55. The molecule has 5 nitrogen and oxygen atoms in total. The molecule has 7 atom stereocenters. The monoisotopic (exact) mass is 384 g/mol. The molecule has 4 aliphatic carbocycles. The number of hydrogen-bond acceptors (Lipinski definition) is 3. The van der Waals surface area contributed by atoms with Crippen molar-refractivity contribution in [2.75, 3.05) is 0 Å². The Hall–Kier alpha value is -1.88. The zero-order valence-corrected chi connectivity index (χ0v) is 17.3. The Morgan fingerprint density at radius 3 is 2.50 bits per heavy atom. The number of carbonyl (C=O) groups excluding carboxylic acids is 2. The van der Waals surface area contributed by atoms with Gasteiger partial charge in [0, 0.05) is 19.3 Å². The highest BCUT2D eigenvalue weighted by Crippen LogP contribution is 2.61. The third-order valence-corrected chi connectivity index (χ3v) is 7.86. The molecule has 0 bridgehead atoms. The molecule has 5 heteroatoms. The van der Waals surface area contributed by atoms with Gasteiger partial charge in [0.15, 0.2) is 0 Å². The van der Waals surface area contributed by atoms with Gasteiger partial charge in [-0.3, -0.25) is 9.59 Å². The lowest BCUT2D eigenvalue weighted by Gasteiger charge is -2.56. The van der Waals surface area contributed by atoms with E-state index in [4.69, 9.17) is 0 Å². The van der Waals surface area contributed by atoms with Crippen LogP contribution < -0.4 is 10.6 Å². The van der Waals surface area contributed by atoms with Crippen LogP contribution in [0.25, 0.3) is 0 Å². The van der Waals surface area contributed by atoms with Crippen LogP contribution in [0.4, 0.5) is 0 Å². The topological polar surface area (TPSA) is 78.4 Å². The third-order valence-electron chi connectivity index (χ3n) is 7.86. The van der Waals surface area contributed by atoms with Gasteiger partial charge in [-0.25, -0.2) is 0 Å². The molecule has 4 aliphatic rings. The molecule has 0 aromatic carbocycles. The maximum atomic E-state index is 12.0. The predicted molar refractivity (Wildman–Crippen MR) is 108 cm³/mol. The number of nitrogens with one attached hydrogen (secondary N) is 2. The first-order valence-corrected chi connectivity index (χ1v) is 10.5. The van der Waals surface area contributed by atoms with Crippen molar-refractivity contribution in [1.82, 2.24) is 10.6 Å². The van der Waals surface area contributed by atoms with E-state index in [1.54, 1.807) is 13.8 Å². The summed E-state index contributed by atoms with van der Waals surface area (Å²) in [6.45, 7) is 7.71. The summed E-state index contributed by atoms with van der Waals surface area (Å²) < 4.78 is 0. The molecule has 1 fully saturated rings. The van der Waals surface area contributed by atoms with Gasteiger partial charge in [0.1, 0.15) is 0 Å². The molecule has 0 radical (unpaired) electrons. The van der Waals surface area contributed by atoms with Crippen molar-refractivity contribution in [3.8, 4) is 0 Å². The fourth-order valence-electron chi connectivity index (χ4n) is 6.39. The second-order valence-corrected chi connectivity index (χ2v) is 9.63. The predicted octanol–water partition coefficient (Wildman–Crippen LogP) is 2.63. The highest BCUT2D eigenvalue weighted by Gasteiger charge is 2.55. The minimum absolute atomic E-state index is 0.000628. The zero-order valence-electron chi connectivity index (χ0n) is 17.3. The Kier molecular flexibility index (Phi) is 4.57. The van der Waals surface area contributed by atoms with Crippen LogP contribution in [0.3, 0.4) is 0 Å². The van der Waals surface area contributed by atoms with Crippen molar-refractivity contribution in [3.63, 3.8) is 0 Å². The van der Waals surface area contributed by atoms with Crippen molar-refractivity contribution >= 4 is 11.8 Å². The molecular formula is C23H32N2O3. The van der Waals surface area contributed by atoms with Gasteiger partial charge in [-0.15, -0.1) is 0 Å². The molecule has 1 unspecified atom stereocenters. The van der Waals surface area contributed by atoms with Gasteiger partial charge in [-0.2, -0.15) is 0 Å². The van der Waals surface area contributed by atoms with Crippen LogP contribution in [0.1, 0.15) is 53.4 Å². The summed E-state index contributed by atoms with van der Waals surface area (Å²) in [6, 6.07) is -0.00435. The number of carbonyl (C=O) groups is 2. The molecule has 2 amide bonds. The van der Waals surface area contributed by atoms with Crippen LogP contribution in [0.15, 0.2) is 35.5 Å². The van der Waals surface area contributed by atoms with Crippen molar-refractivity contribution in [1.29, 1.82) is 0 Å². The normalized spacial score (nSPS) is 43.8. The van der Waals surface area contributed by atoms with Crippen molar-refractivity contribution in [2.45, 2.75) is 71.6 Å².